The lowest BCUT2D eigenvalue weighted by molar-refractivity contribution is -0.126. The van der Waals surface area contributed by atoms with Gasteiger partial charge in [-0.15, -0.1) is 5.10 Å². The lowest BCUT2D eigenvalue weighted by atomic mass is 10.1. The van der Waals surface area contributed by atoms with Crippen LogP contribution in [0.25, 0.3) is 11.5 Å². The van der Waals surface area contributed by atoms with Crippen LogP contribution in [0.1, 0.15) is 6.42 Å². The quantitative estimate of drug-likeness (QED) is 0.635. The van der Waals surface area contributed by atoms with Crippen LogP contribution in [0.4, 0.5) is 10.1 Å². The highest BCUT2D eigenvalue weighted by atomic mass is 19.1. The third-order valence-electron chi connectivity index (χ3n) is 5.17. The highest BCUT2D eigenvalue weighted by Crippen LogP contribution is 2.25. The average Bonchev–Trinajstić information content (AvgIpc) is 3.29. The molecule has 160 valence electrons. The fourth-order valence-electron chi connectivity index (χ4n) is 3.56. The Kier molecular flexibility index (Phi) is 5.61. The number of nitrogens with one attached hydrogen (secondary N) is 1. The summed E-state index contributed by atoms with van der Waals surface area (Å²) >= 11 is 0. The van der Waals surface area contributed by atoms with Gasteiger partial charge < -0.3 is 10.2 Å². The molecule has 0 aliphatic carbocycles. The Labute approximate surface area is 177 Å². The molecule has 3 aromatic rings. The van der Waals surface area contributed by atoms with Crippen molar-refractivity contribution in [3.8, 4) is 11.5 Å². The van der Waals surface area contributed by atoms with E-state index in [1.807, 2.05) is 6.07 Å². The summed E-state index contributed by atoms with van der Waals surface area (Å²) in [6, 6.07) is 11.1. The van der Waals surface area contributed by atoms with Crippen molar-refractivity contribution < 1.29 is 14.0 Å². The van der Waals surface area contributed by atoms with Gasteiger partial charge in [0.15, 0.2) is 5.82 Å². The number of nitrogens with zero attached hydrogens (tertiary/aromatic N) is 5. The summed E-state index contributed by atoms with van der Waals surface area (Å²) in [5, 5.41) is 7.06. The zero-order valence-electron chi connectivity index (χ0n) is 16.9. The van der Waals surface area contributed by atoms with Crippen molar-refractivity contribution in [1.82, 2.24) is 24.6 Å². The van der Waals surface area contributed by atoms with E-state index in [1.54, 1.807) is 31.4 Å². The maximum absolute atomic E-state index is 13.4. The van der Waals surface area contributed by atoms with Gasteiger partial charge in [0, 0.05) is 38.4 Å². The van der Waals surface area contributed by atoms with Gasteiger partial charge >= 0.3 is 5.69 Å². The smallest absolute Gasteiger partial charge is 0.346 e. The second-order valence-electron chi connectivity index (χ2n) is 7.28. The Balaban J connectivity index is 1.36. The van der Waals surface area contributed by atoms with Crippen LogP contribution in [0.5, 0.6) is 0 Å². The number of halogens is 1. The van der Waals surface area contributed by atoms with Gasteiger partial charge in [-0.05, 0) is 30.3 Å². The largest absolute Gasteiger partial charge is 0.354 e. The number of benzene rings is 1. The van der Waals surface area contributed by atoms with Crippen molar-refractivity contribution in [3.05, 3.63) is 65.0 Å². The van der Waals surface area contributed by atoms with E-state index in [-0.39, 0.29) is 43.6 Å². The van der Waals surface area contributed by atoms with Crippen LogP contribution in [0, 0.1) is 11.7 Å². The number of anilines is 1. The maximum atomic E-state index is 13.4. The molecular formula is C21H21FN6O3. The highest BCUT2D eigenvalue weighted by Gasteiger charge is 2.35. The first-order valence-electron chi connectivity index (χ1n) is 9.83. The first kappa shape index (κ1) is 20.5. The summed E-state index contributed by atoms with van der Waals surface area (Å²) in [5.41, 5.74) is 0.692. The number of amides is 2. The number of carbonyl (C=O) groups is 2. The SMILES string of the molecule is Cn1c(-c2ccccn2)nn(CCNC(=O)C2CC(=O)N(c3cccc(F)c3)C2)c1=O. The van der Waals surface area contributed by atoms with Gasteiger partial charge in [-0.25, -0.2) is 13.9 Å². The third kappa shape index (κ3) is 4.23. The molecule has 3 heterocycles. The molecule has 1 aliphatic rings. The van der Waals surface area contributed by atoms with Gasteiger partial charge in [-0.3, -0.25) is 19.1 Å². The molecule has 31 heavy (non-hydrogen) atoms. The molecule has 1 unspecified atom stereocenters. The first-order valence-corrected chi connectivity index (χ1v) is 9.83. The minimum Gasteiger partial charge on any atom is -0.354 e. The monoisotopic (exact) mass is 424 g/mol. The average molecular weight is 424 g/mol. The summed E-state index contributed by atoms with van der Waals surface area (Å²) < 4.78 is 16.1. The molecule has 0 bridgehead atoms. The summed E-state index contributed by atoms with van der Waals surface area (Å²) in [5.74, 6) is -1.07. The molecule has 1 saturated heterocycles. The van der Waals surface area contributed by atoms with Gasteiger partial charge in [-0.2, -0.15) is 0 Å². The molecule has 1 aromatic carbocycles. The Morgan fingerprint density at radius 1 is 1.23 bits per heavy atom. The van der Waals surface area contributed by atoms with Crippen molar-refractivity contribution in [1.29, 1.82) is 0 Å². The van der Waals surface area contributed by atoms with Crippen LogP contribution < -0.4 is 15.9 Å². The van der Waals surface area contributed by atoms with E-state index in [0.717, 1.165) is 0 Å². The molecule has 1 fully saturated rings. The second-order valence-corrected chi connectivity index (χ2v) is 7.28. The van der Waals surface area contributed by atoms with Gasteiger partial charge in [0.1, 0.15) is 11.5 Å². The van der Waals surface area contributed by atoms with E-state index in [0.29, 0.717) is 17.2 Å². The van der Waals surface area contributed by atoms with Crippen LogP contribution in [0.15, 0.2) is 53.5 Å². The molecule has 1 N–H and O–H groups in total. The van der Waals surface area contributed by atoms with Gasteiger partial charge in [-0.1, -0.05) is 12.1 Å². The predicted molar refractivity (Wildman–Crippen MR) is 111 cm³/mol. The number of rotatable bonds is 6. The predicted octanol–water partition coefficient (Wildman–Crippen LogP) is 0.952. The van der Waals surface area contributed by atoms with Crippen molar-refractivity contribution in [2.24, 2.45) is 13.0 Å². The molecule has 1 aliphatic heterocycles. The van der Waals surface area contributed by atoms with E-state index >= 15 is 0 Å². The Hall–Kier alpha value is -3.82. The molecule has 2 aromatic heterocycles. The number of pyridine rings is 1. The molecule has 0 spiro atoms. The van der Waals surface area contributed by atoms with Crippen molar-refractivity contribution in [3.63, 3.8) is 0 Å². The highest BCUT2D eigenvalue weighted by molar-refractivity contribution is 6.00. The summed E-state index contributed by atoms with van der Waals surface area (Å²) in [4.78, 5) is 42.8. The van der Waals surface area contributed by atoms with Gasteiger partial charge in [0.2, 0.25) is 11.8 Å². The van der Waals surface area contributed by atoms with E-state index in [1.165, 1.54) is 32.3 Å². The number of hydrogen-bond acceptors (Lipinski definition) is 5. The summed E-state index contributed by atoms with van der Waals surface area (Å²) in [6.07, 6.45) is 1.67. The minimum atomic E-state index is -0.541. The van der Waals surface area contributed by atoms with E-state index in [4.69, 9.17) is 0 Å². The molecule has 2 amide bonds. The van der Waals surface area contributed by atoms with E-state index in [2.05, 4.69) is 15.4 Å². The molecular weight excluding hydrogens is 403 g/mol. The molecule has 10 heteroatoms. The topological polar surface area (TPSA) is 102 Å². The van der Waals surface area contributed by atoms with E-state index in [9.17, 15) is 18.8 Å². The van der Waals surface area contributed by atoms with E-state index < -0.39 is 11.7 Å². The van der Waals surface area contributed by atoms with Crippen LogP contribution in [0.3, 0.4) is 0 Å². The number of aromatic nitrogens is 4. The Bertz CT molecular complexity index is 1170. The lowest BCUT2D eigenvalue weighted by Gasteiger charge is -2.16. The summed E-state index contributed by atoms with van der Waals surface area (Å²) in [7, 11) is 1.61. The number of hydrogen-bond donors (Lipinski definition) is 1. The molecule has 9 nitrogen and oxygen atoms in total. The fourth-order valence-corrected chi connectivity index (χ4v) is 3.56. The maximum Gasteiger partial charge on any atom is 0.346 e. The number of carbonyl (C=O) groups excluding carboxylic acids is 2. The van der Waals surface area contributed by atoms with Crippen molar-refractivity contribution in [2.75, 3.05) is 18.0 Å². The molecule has 0 radical (unpaired) electrons. The zero-order chi connectivity index (χ0) is 22.0. The normalized spacial score (nSPS) is 16.0. The van der Waals surface area contributed by atoms with Gasteiger partial charge in [0.25, 0.3) is 0 Å². The standard InChI is InChI=1S/C21H21FN6O3/c1-26-19(17-7-2-3-8-23-17)25-28(21(26)31)10-9-24-20(30)14-11-18(29)27(13-14)16-6-4-5-15(22)12-16/h2-8,12,14H,9-11,13H2,1H3,(H,24,30). The summed E-state index contributed by atoms with van der Waals surface area (Å²) in [6.45, 7) is 0.545. The third-order valence-corrected chi connectivity index (χ3v) is 5.17. The van der Waals surface area contributed by atoms with Crippen LogP contribution in [-0.2, 0) is 23.2 Å². The second kappa shape index (κ2) is 8.50. The minimum absolute atomic E-state index is 0.0513. The first-order chi connectivity index (χ1) is 14.9. The Morgan fingerprint density at radius 3 is 2.81 bits per heavy atom. The molecule has 1 atom stereocenters. The fraction of sp³-hybridized carbons (Fsp3) is 0.286. The zero-order valence-corrected chi connectivity index (χ0v) is 16.9. The molecule has 0 saturated carbocycles. The van der Waals surface area contributed by atoms with Crippen molar-refractivity contribution >= 4 is 17.5 Å². The van der Waals surface area contributed by atoms with Gasteiger partial charge in [0.05, 0.1) is 12.5 Å². The Morgan fingerprint density at radius 2 is 2.06 bits per heavy atom. The van der Waals surface area contributed by atoms with Crippen LogP contribution >= 0.6 is 0 Å². The van der Waals surface area contributed by atoms with Crippen LogP contribution in [0.2, 0.25) is 0 Å². The van der Waals surface area contributed by atoms with Crippen molar-refractivity contribution in [2.45, 2.75) is 13.0 Å². The van der Waals surface area contributed by atoms with Crippen LogP contribution in [-0.4, -0.2) is 44.2 Å². The molecule has 4 rings (SSSR count). The lowest BCUT2D eigenvalue weighted by Crippen LogP contribution is -2.36.